The van der Waals surface area contributed by atoms with Crippen LogP contribution in [0.25, 0.3) is 0 Å². The van der Waals surface area contributed by atoms with Gasteiger partial charge in [-0.05, 0) is 5.56 Å². The van der Waals surface area contributed by atoms with Crippen LogP contribution >= 0.6 is 0 Å². The predicted molar refractivity (Wildman–Crippen MR) is 57.2 cm³/mol. The average Bonchev–Trinajstić information content (AvgIpc) is 2.76. The second-order valence-corrected chi connectivity index (χ2v) is 3.17. The molecule has 0 unspecified atom stereocenters. The molecule has 1 heterocycles. The molecule has 1 aromatic heterocycles. The fourth-order valence-electron chi connectivity index (χ4n) is 1.26. The SMILES string of the molecule is NCn1cc(OCc2ccccc2)cn1. The molecule has 2 aromatic rings. The summed E-state index contributed by atoms with van der Waals surface area (Å²) in [6.45, 7) is 0.922. The minimum Gasteiger partial charge on any atom is -0.486 e. The fourth-order valence-corrected chi connectivity index (χ4v) is 1.26. The van der Waals surface area contributed by atoms with Crippen molar-refractivity contribution in [2.45, 2.75) is 13.3 Å². The van der Waals surface area contributed by atoms with Crippen LogP contribution in [0.4, 0.5) is 0 Å². The van der Waals surface area contributed by atoms with E-state index in [2.05, 4.69) is 5.10 Å². The van der Waals surface area contributed by atoms with Crippen molar-refractivity contribution in [2.24, 2.45) is 5.73 Å². The summed E-state index contributed by atoms with van der Waals surface area (Å²) in [7, 11) is 0. The highest BCUT2D eigenvalue weighted by atomic mass is 16.5. The number of nitrogens with two attached hydrogens (primary N) is 1. The molecule has 4 heteroatoms. The van der Waals surface area contributed by atoms with Crippen molar-refractivity contribution in [1.82, 2.24) is 9.78 Å². The first-order valence-electron chi connectivity index (χ1n) is 4.78. The van der Waals surface area contributed by atoms with E-state index in [0.29, 0.717) is 13.3 Å². The number of benzene rings is 1. The second-order valence-electron chi connectivity index (χ2n) is 3.17. The van der Waals surface area contributed by atoms with E-state index in [-0.39, 0.29) is 0 Å². The third kappa shape index (κ3) is 2.57. The van der Waals surface area contributed by atoms with E-state index in [1.165, 1.54) is 0 Å². The van der Waals surface area contributed by atoms with Gasteiger partial charge in [-0.3, -0.25) is 4.68 Å². The third-order valence-electron chi connectivity index (χ3n) is 2.04. The largest absolute Gasteiger partial charge is 0.486 e. The van der Waals surface area contributed by atoms with Gasteiger partial charge in [0.15, 0.2) is 5.75 Å². The molecule has 4 nitrogen and oxygen atoms in total. The van der Waals surface area contributed by atoms with Gasteiger partial charge in [0.2, 0.25) is 0 Å². The quantitative estimate of drug-likeness (QED) is 0.816. The Labute approximate surface area is 88.3 Å². The summed E-state index contributed by atoms with van der Waals surface area (Å²) in [6.07, 6.45) is 3.44. The van der Waals surface area contributed by atoms with Crippen molar-refractivity contribution in [3.8, 4) is 5.75 Å². The van der Waals surface area contributed by atoms with Crippen molar-refractivity contribution in [1.29, 1.82) is 0 Å². The summed E-state index contributed by atoms with van der Waals surface area (Å²) in [5, 5.41) is 4.01. The molecule has 0 fully saturated rings. The molecule has 0 amide bonds. The minimum atomic E-state index is 0.370. The van der Waals surface area contributed by atoms with E-state index >= 15 is 0 Å². The van der Waals surface area contributed by atoms with Crippen LogP contribution in [-0.4, -0.2) is 9.78 Å². The Morgan fingerprint density at radius 2 is 2.07 bits per heavy atom. The smallest absolute Gasteiger partial charge is 0.157 e. The van der Waals surface area contributed by atoms with E-state index in [1.54, 1.807) is 17.1 Å². The van der Waals surface area contributed by atoms with Gasteiger partial charge in [0.1, 0.15) is 6.61 Å². The maximum atomic E-state index is 5.54. The highest BCUT2D eigenvalue weighted by Crippen LogP contribution is 2.10. The van der Waals surface area contributed by atoms with Crippen LogP contribution in [0, 0.1) is 0 Å². The lowest BCUT2D eigenvalue weighted by molar-refractivity contribution is 0.306. The number of ether oxygens (including phenoxy) is 1. The Morgan fingerprint density at radius 3 is 2.73 bits per heavy atom. The molecule has 0 atom stereocenters. The van der Waals surface area contributed by atoms with Crippen LogP contribution in [-0.2, 0) is 13.3 Å². The topological polar surface area (TPSA) is 53.1 Å². The highest BCUT2D eigenvalue weighted by molar-refractivity contribution is 5.16. The number of hydrogen-bond acceptors (Lipinski definition) is 3. The first kappa shape index (κ1) is 9.73. The summed E-state index contributed by atoms with van der Waals surface area (Å²) in [4.78, 5) is 0. The van der Waals surface area contributed by atoms with Gasteiger partial charge in [-0.2, -0.15) is 5.10 Å². The van der Waals surface area contributed by atoms with Crippen molar-refractivity contribution < 1.29 is 4.74 Å². The predicted octanol–water partition coefficient (Wildman–Crippen LogP) is 1.38. The molecular formula is C11H13N3O. The Balaban J connectivity index is 1.93. The molecule has 0 bridgehead atoms. The molecule has 78 valence electrons. The molecule has 2 rings (SSSR count). The highest BCUT2D eigenvalue weighted by Gasteiger charge is 1.98. The molecule has 0 aliphatic heterocycles. The fraction of sp³-hybridized carbons (Fsp3) is 0.182. The van der Waals surface area contributed by atoms with Gasteiger partial charge in [-0.25, -0.2) is 0 Å². The Hall–Kier alpha value is -1.81. The zero-order valence-corrected chi connectivity index (χ0v) is 8.34. The average molecular weight is 203 g/mol. The zero-order chi connectivity index (χ0) is 10.5. The molecule has 15 heavy (non-hydrogen) atoms. The number of rotatable bonds is 4. The van der Waals surface area contributed by atoms with Crippen molar-refractivity contribution in [3.05, 3.63) is 48.3 Å². The molecule has 1 aromatic carbocycles. The van der Waals surface area contributed by atoms with Crippen LogP contribution in [0.1, 0.15) is 5.56 Å². The van der Waals surface area contributed by atoms with Crippen molar-refractivity contribution in [2.75, 3.05) is 0 Å². The number of hydrogen-bond donors (Lipinski definition) is 1. The second kappa shape index (κ2) is 4.61. The molecular weight excluding hydrogens is 190 g/mol. The van der Waals surface area contributed by atoms with Gasteiger partial charge in [0.25, 0.3) is 0 Å². The lowest BCUT2D eigenvalue weighted by Gasteiger charge is -2.02. The van der Waals surface area contributed by atoms with E-state index in [1.807, 2.05) is 30.3 Å². The Morgan fingerprint density at radius 1 is 1.27 bits per heavy atom. The Kier molecular flexibility index (Phi) is 2.99. The van der Waals surface area contributed by atoms with Gasteiger partial charge in [0.05, 0.1) is 19.1 Å². The van der Waals surface area contributed by atoms with Crippen LogP contribution in [0.3, 0.4) is 0 Å². The molecule has 0 spiro atoms. The lowest BCUT2D eigenvalue weighted by atomic mass is 10.2. The summed E-state index contributed by atoms with van der Waals surface area (Å²) in [5.41, 5.74) is 6.55. The molecule has 0 aliphatic carbocycles. The Bertz CT molecular complexity index is 411. The standard InChI is InChI=1S/C11H13N3O/c12-9-14-7-11(6-13-14)15-8-10-4-2-1-3-5-10/h1-7H,8-9,12H2. The molecule has 0 aliphatic rings. The number of aromatic nitrogens is 2. The van der Waals surface area contributed by atoms with E-state index in [4.69, 9.17) is 10.5 Å². The monoisotopic (exact) mass is 203 g/mol. The summed E-state index contributed by atoms with van der Waals surface area (Å²) >= 11 is 0. The minimum absolute atomic E-state index is 0.370. The maximum Gasteiger partial charge on any atom is 0.157 e. The van der Waals surface area contributed by atoms with Crippen LogP contribution in [0.5, 0.6) is 5.75 Å². The van der Waals surface area contributed by atoms with Gasteiger partial charge < -0.3 is 10.5 Å². The van der Waals surface area contributed by atoms with Gasteiger partial charge >= 0.3 is 0 Å². The lowest BCUT2D eigenvalue weighted by Crippen LogP contribution is -2.06. The third-order valence-corrected chi connectivity index (χ3v) is 2.04. The van der Waals surface area contributed by atoms with E-state index in [0.717, 1.165) is 11.3 Å². The molecule has 2 N–H and O–H groups in total. The van der Waals surface area contributed by atoms with Crippen molar-refractivity contribution in [3.63, 3.8) is 0 Å². The van der Waals surface area contributed by atoms with E-state index in [9.17, 15) is 0 Å². The van der Waals surface area contributed by atoms with Crippen LogP contribution in [0.15, 0.2) is 42.7 Å². The van der Waals surface area contributed by atoms with Crippen LogP contribution in [0.2, 0.25) is 0 Å². The first-order valence-corrected chi connectivity index (χ1v) is 4.78. The first-order chi connectivity index (χ1) is 7.38. The van der Waals surface area contributed by atoms with Gasteiger partial charge in [-0.15, -0.1) is 0 Å². The summed E-state index contributed by atoms with van der Waals surface area (Å²) < 4.78 is 7.16. The molecule has 0 radical (unpaired) electrons. The summed E-state index contributed by atoms with van der Waals surface area (Å²) in [5.74, 6) is 0.740. The van der Waals surface area contributed by atoms with E-state index < -0.39 is 0 Å². The van der Waals surface area contributed by atoms with Gasteiger partial charge in [-0.1, -0.05) is 30.3 Å². The molecule has 0 saturated carbocycles. The zero-order valence-electron chi connectivity index (χ0n) is 8.34. The number of nitrogens with zero attached hydrogens (tertiary/aromatic N) is 2. The maximum absolute atomic E-state index is 5.54. The van der Waals surface area contributed by atoms with Crippen molar-refractivity contribution >= 4 is 0 Å². The summed E-state index contributed by atoms with van der Waals surface area (Å²) in [6, 6.07) is 10.0. The van der Waals surface area contributed by atoms with Crippen LogP contribution < -0.4 is 10.5 Å². The molecule has 0 saturated heterocycles. The van der Waals surface area contributed by atoms with Gasteiger partial charge in [0, 0.05) is 0 Å². The normalized spacial score (nSPS) is 10.2.